The normalized spacial score (nSPS) is 10.0. The van der Waals surface area contributed by atoms with E-state index in [4.69, 9.17) is 0 Å². The van der Waals surface area contributed by atoms with Gasteiger partial charge in [-0.2, -0.15) is 9.13 Å². The molecule has 2 aromatic heterocycles. The van der Waals surface area contributed by atoms with E-state index in [1.54, 1.807) is 0 Å². The molecule has 0 N–H and O–H groups in total. The van der Waals surface area contributed by atoms with Gasteiger partial charge in [-0.3, -0.25) is 0 Å². The second-order valence-corrected chi connectivity index (χ2v) is 8.29. The highest BCUT2D eigenvalue weighted by Gasteiger charge is 2.01. The lowest BCUT2D eigenvalue weighted by Crippen LogP contribution is -2.32. The van der Waals surface area contributed by atoms with E-state index in [1.165, 1.54) is 27.8 Å². The lowest BCUT2D eigenvalue weighted by atomic mass is 10.0. The number of rotatable bonds is 3. The van der Waals surface area contributed by atoms with E-state index in [0.717, 1.165) is 11.1 Å². The number of aryl methyl sites for hydroxylation is 3. The molecule has 0 radical (unpaired) electrons. The highest BCUT2D eigenvalue weighted by atomic mass is 14.9. The first-order valence-electron chi connectivity index (χ1n) is 11.2. The third kappa shape index (κ3) is 6.19. The van der Waals surface area contributed by atoms with Gasteiger partial charge in [0.2, 0.25) is 13.1 Å². The average Bonchev–Trinajstić information content (AvgIpc) is 2.84. The molecule has 0 saturated carbocycles. The summed E-state index contributed by atoms with van der Waals surface area (Å²) in [6, 6.07) is 23.1. The van der Waals surface area contributed by atoms with Crippen LogP contribution in [0.1, 0.15) is 27.8 Å². The van der Waals surface area contributed by atoms with E-state index < -0.39 is 0 Å². The Morgan fingerprint density at radius 2 is 1.03 bits per heavy atom. The Hall–Kier alpha value is -4.14. The van der Waals surface area contributed by atoms with Gasteiger partial charge < -0.3 is 0 Å². The molecule has 0 aliphatic carbocycles. The molecule has 2 aromatic carbocycles. The molecule has 0 amide bonds. The molecular weight excluding hydrogens is 400 g/mol. The summed E-state index contributed by atoms with van der Waals surface area (Å²) < 4.78 is 4.20. The van der Waals surface area contributed by atoms with Crippen LogP contribution in [-0.4, -0.2) is 0 Å². The zero-order valence-corrected chi connectivity index (χ0v) is 19.5. The van der Waals surface area contributed by atoms with Crippen molar-refractivity contribution < 1.29 is 9.13 Å². The summed E-state index contributed by atoms with van der Waals surface area (Å²) in [5.41, 5.74) is 8.25. The molecule has 33 heavy (non-hydrogen) atoms. The Bertz CT molecular complexity index is 1360. The van der Waals surface area contributed by atoms with E-state index in [0.29, 0.717) is 13.1 Å². The molecule has 0 saturated heterocycles. The van der Waals surface area contributed by atoms with Crippen molar-refractivity contribution in [1.82, 2.24) is 0 Å². The Labute approximate surface area is 197 Å². The van der Waals surface area contributed by atoms with Crippen molar-refractivity contribution in [3.63, 3.8) is 0 Å². The number of nitrogens with zero attached hydrogens (tertiary/aromatic N) is 2. The highest BCUT2D eigenvalue weighted by molar-refractivity contribution is 5.65. The Morgan fingerprint density at radius 3 is 1.55 bits per heavy atom. The van der Waals surface area contributed by atoms with Gasteiger partial charge in [0.05, 0.1) is 0 Å². The second kappa shape index (κ2) is 10.4. The SMILES string of the molecule is Cc1cc[n+](CC#Cc2ccc(-c3ccc(C#CC[n+]4ccc(C)c(C)c4)cc3)cc2)cc1. The van der Waals surface area contributed by atoms with Gasteiger partial charge in [-0.05, 0) is 79.1 Å². The third-order valence-corrected chi connectivity index (χ3v) is 5.65. The maximum atomic E-state index is 3.26. The zero-order valence-electron chi connectivity index (χ0n) is 19.5. The van der Waals surface area contributed by atoms with Gasteiger partial charge >= 0.3 is 0 Å². The largest absolute Gasteiger partial charge is 0.209 e. The first kappa shape index (κ1) is 22.1. The maximum Gasteiger partial charge on any atom is 0.209 e. The Kier molecular flexibility index (Phi) is 6.99. The van der Waals surface area contributed by atoms with Crippen LogP contribution < -0.4 is 9.13 Å². The predicted molar refractivity (Wildman–Crippen MR) is 133 cm³/mol. The number of aromatic nitrogens is 2. The van der Waals surface area contributed by atoms with Crippen LogP contribution in [-0.2, 0) is 13.1 Å². The molecule has 0 fully saturated rings. The van der Waals surface area contributed by atoms with E-state index >= 15 is 0 Å². The third-order valence-electron chi connectivity index (χ3n) is 5.65. The smallest absolute Gasteiger partial charge is 0.194 e. The minimum atomic E-state index is 0.687. The standard InChI is InChI=1S/C31H28N2/c1-25-16-21-32(22-17-25)19-4-6-28-8-12-30(13-9-28)31-14-10-29(11-15-31)7-5-20-33-23-18-26(2)27(3)24-33/h8-18,21-24H,19-20H2,1-3H3/q+2. The van der Waals surface area contributed by atoms with Crippen LogP contribution >= 0.6 is 0 Å². The number of pyridine rings is 2. The molecule has 2 nitrogen and oxygen atoms in total. The molecular formula is C31H28N2+2. The summed E-state index contributed by atoms with van der Waals surface area (Å²) in [6.45, 7) is 7.71. The van der Waals surface area contributed by atoms with Crippen molar-refractivity contribution >= 4 is 0 Å². The van der Waals surface area contributed by atoms with Crippen molar-refractivity contribution in [2.45, 2.75) is 33.9 Å². The van der Waals surface area contributed by atoms with Crippen LogP contribution in [0.25, 0.3) is 11.1 Å². The van der Waals surface area contributed by atoms with Gasteiger partial charge in [-0.25, -0.2) is 0 Å². The van der Waals surface area contributed by atoms with Gasteiger partial charge in [0.1, 0.15) is 0 Å². The van der Waals surface area contributed by atoms with Gasteiger partial charge in [0, 0.05) is 34.9 Å². The van der Waals surface area contributed by atoms with Crippen molar-refractivity contribution in [1.29, 1.82) is 0 Å². The monoisotopic (exact) mass is 428 g/mol. The van der Waals surface area contributed by atoms with Crippen LogP contribution in [0.5, 0.6) is 0 Å². The van der Waals surface area contributed by atoms with Gasteiger partial charge in [0.25, 0.3) is 0 Å². The summed E-state index contributed by atoms with van der Waals surface area (Å²) in [6.07, 6.45) is 8.34. The number of hydrogen-bond acceptors (Lipinski definition) is 0. The molecule has 2 heteroatoms. The van der Waals surface area contributed by atoms with E-state index in [2.05, 4.69) is 145 Å². The van der Waals surface area contributed by atoms with Crippen LogP contribution in [0, 0.1) is 44.5 Å². The lowest BCUT2D eigenvalue weighted by molar-refractivity contribution is -0.685. The summed E-state index contributed by atoms with van der Waals surface area (Å²) in [4.78, 5) is 0. The summed E-state index contributed by atoms with van der Waals surface area (Å²) in [7, 11) is 0. The van der Waals surface area contributed by atoms with E-state index in [9.17, 15) is 0 Å². The maximum absolute atomic E-state index is 3.26. The van der Waals surface area contributed by atoms with Crippen LogP contribution in [0.2, 0.25) is 0 Å². The fourth-order valence-electron chi connectivity index (χ4n) is 3.43. The molecule has 0 unspecified atom stereocenters. The summed E-state index contributed by atoms with van der Waals surface area (Å²) in [5, 5.41) is 0. The van der Waals surface area contributed by atoms with E-state index in [1.807, 2.05) is 0 Å². The minimum absolute atomic E-state index is 0.687. The fourth-order valence-corrected chi connectivity index (χ4v) is 3.43. The number of benzene rings is 2. The quantitative estimate of drug-likeness (QED) is 0.322. The predicted octanol–water partition coefficient (Wildman–Crippen LogP) is 4.96. The van der Waals surface area contributed by atoms with Crippen molar-refractivity contribution in [3.05, 3.63) is 119 Å². The Balaban J connectivity index is 1.36. The van der Waals surface area contributed by atoms with Gasteiger partial charge in [0.15, 0.2) is 24.8 Å². The topological polar surface area (TPSA) is 7.76 Å². The average molecular weight is 429 g/mol. The zero-order chi connectivity index (χ0) is 23.0. The van der Waals surface area contributed by atoms with Crippen LogP contribution in [0.4, 0.5) is 0 Å². The lowest BCUT2D eigenvalue weighted by Gasteiger charge is -2.02. The fraction of sp³-hybridized carbons (Fsp3) is 0.161. The minimum Gasteiger partial charge on any atom is -0.194 e. The van der Waals surface area contributed by atoms with Crippen molar-refractivity contribution in [2.75, 3.05) is 0 Å². The second-order valence-electron chi connectivity index (χ2n) is 8.29. The molecule has 0 aliphatic rings. The van der Waals surface area contributed by atoms with E-state index in [-0.39, 0.29) is 0 Å². The summed E-state index contributed by atoms with van der Waals surface area (Å²) in [5.74, 6) is 13.0. The highest BCUT2D eigenvalue weighted by Crippen LogP contribution is 2.20. The molecule has 160 valence electrons. The molecule has 0 atom stereocenters. The first-order valence-corrected chi connectivity index (χ1v) is 11.2. The molecule has 0 spiro atoms. The van der Waals surface area contributed by atoms with Gasteiger partial charge in [-0.1, -0.05) is 36.1 Å². The van der Waals surface area contributed by atoms with Gasteiger partial charge in [-0.15, -0.1) is 0 Å². The summed E-state index contributed by atoms with van der Waals surface area (Å²) >= 11 is 0. The van der Waals surface area contributed by atoms with Crippen molar-refractivity contribution in [3.8, 4) is 34.8 Å². The van der Waals surface area contributed by atoms with Crippen LogP contribution in [0.15, 0.2) is 91.5 Å². The number of hydrogen-bond donors (Lipinski definition) is 0. The molecule has 4 rings (SSSR count). The Morgan fingerprint density at radius 1 is 0.545 bits per heavy atom. The van der Waals surface area contributed by atoms with Crippen molar-refractivity contribution in [2.24, 2.45) is 0 Å². The van der Waals surface area contributed by atoms with Crippen LogP contribution in [0.3, 0.4) is 0 Å². The molecule has 0 aliphatic heterocycles. The first-order chi connectivity index (χ1) is 16.1. The molecule has 2 heterocycles. The molecule has 4 aromatic rings. The molecule has 0 bridgehead atoms.